The maximum atomic E-state index is 13.2. The molecule has 1 saturated carbocycles. The summed E-state index contributed by atoms with van der Waals surface area (Å²) in [5.41, 5.74) is -0.280. The summed E-state index contributed by atoms with van der Waals surface area (Å²) in [5.74, 6) is -0.850. The van der Waals surface area contributed by atoms with Crippen LogP contribution in [0.2, 0.25) is 0 Å². The second-order valence-electron chi connectivity index (χ2n) is 7.36. The Morgan fingerprint density at radius 3 is 2.59 bits per heavy atom. The smallest absolute Gasteiger partial charge is 0.340 e. The third kappa shape index (κ3) is 3.84. The zero-order chi connectivity index (χ0) is 19.4. The van der Waals surface area contributed by atoms with Gasteiger partial charge in [-0.1, -0.05) is 19.1 Å². The molecule has 0 aromatic heterocycles. The Bertz CT molecular complexity index is 727. The number of piperidine rings is 1. The molecule has 1 saturated heterocycles. The minimum Gasteiger partial charge on any atom is -0.462 e. The Kier molecular flexibility index (Phi) is 5.82. The van der Waals surface area contributed by atoms with Crippen LogP contribution < -0.4 is 5.32 Å². The molecule has 2 fully saturated rings. The van der Waals surface area contributed by atoms with E-state index in [-0.39, 0.29) is 24.5 Å². The number of nitrogens with zero attached hydrogens (tertiary/aromatic N) is 1. The normalized spacial score (nSPS) is 20.7. The van der Waals surface area contributed by atoms with Crippen LogP contribution >= 0.6 is 0 Å². The van der Waals surface area contributed by atoms with Gasteiger partial charge in [0.05, 0.1) is 17.9 Å². The molecule has 1 heterocycles. The van der Waals surface area contributed by atoms with Gasteiger partial charge >= 0.3 is 5.97 Å². The van der Waals surface area contributed by atoms with Crippen molar-refractivity contribution >= 4 is 23.5 Å². The molecule has 6 heteroatoms. The molecule has 6 nitrogen and oxygen atoms in total. The Morgan fingerprint density at radius 1 is 1.19 bits per heavy atom. The van der Waals surface area contributed by atoms with E-state index in [9.17, 15) is 14.4 Å². The predicted molar refractivity (Wildman–Crippen MR) is 102 cm³/mol. The van der Waals surface area contributed by atoms with Crippen LogP contribution in [0, 0.1) is 5.41 Å². The standard InChI is InChI=1S/C21H28N2O4/c1-3-15-9-7-8-14-23(15)20(26)21(12-13-21)19(25)22-17-11-6-5-10-16(17)18(24)27-4-2/h5-6,10-11,15H,3-4,7-9,12-14H2,1-2H3,(H,22,25). The lowest BCUT2D eigenvalue weighted by atomic mass is 9.95. The molecule has 1 aliphatic carbocycles. The monoisotopic (exact) mass is 372 g/mol. The zero-order valence-corrected chi connectivity index (χ0v) is 16.1. The van der Waals surface area contributed by atoms with Crippen LogP contribution in [0.3, 0.4) is 0 Å². The fourth-order valence-electron chi connectivity index (χ4n) is 3.85. The first-order chi connectivity index (χ1) is 13.0. The molecule has 27 heavy (non-hydrogen) atoms. The number of esters is 1. The van der Waals surface area contributed by atoms with Crippen molar-refractivity contribution in [2.75, 3.05) is 18.5 Å². The number of hydrogen-bond donors (Lipinski definition) is 1. The molecule has 1 atom stereocenters. The van der Waals surface area contributed by atoms with Crippen LogP contribution in [-0.4, -0.2) is 41.9 Å². The number of amides is 2. The predicted octanol–water partition coefficient (Wildman–Crippen LogP) is 3.37. The number of para-hydroxylation sites is 1. The second-order valence-corrected chi connectivity index (χ2v) is 7.36. The average Bonchev–Trinajstić information content (AvgIpc) is 3.50. The average molecular weight is 372 g/mol. The highest BCUT2D eigenvalue weighted by atomic mass is 16.5. The molecule has 2 aliphatic rings. The lowest BCUT2D eigenvalue weighted by Gasteiger charge is -2.37. The minimum absolute atomic E-state index is 0.0554. The van der Waals surface area contributed by atoms with Crippen molar-refractivity contribution in [3.63, 3.8) is 0 Å². The molecule has 1 unspecified atom stereocenters. The van der Waals surface area contributed by atoms with Crippen molar-refractivity contribution in [3.8, 4) is 0 Å². The maximum Gasteiger partial charge on any atom is 0.340 e. The van der Waals surface area contributed by atoms with Gasteiger partial charge in [-0.2, -0.15) is 0 Å². The number of ether oxygens (including phenoxy) is 1. The van der Waals surface area contributed by atoms with Crippen LogP contribution in [0.15, 0.2) is 24.3 Å². The molecule has 1 aromatic rings. The van der Waals surface area contributed by atoms with E-state index in [1.54, 1.807) is 31.2 Å². The molecule has 0 spiro atoms. The van der Waals surface area contributed by atoms with Crippen molar-refractivity contribution in [2.45, 2.75) is 58.4 Å². The SMILES string of the molecule is CCOC(=O)c1ccccc1NC(=O)C1(C(=O)N2CCCCC2CC)CC1. The summed E-state index contributed by atoms with van der Waals surface area (Å²) in [6.45, 7) is 4.81. The first-order valence-corrected chi connectivity index (χ1v) is 9.92. The quantitative estimate of drug-likeness (QED) is 0.614. The summed E-state index contributed by atoms with van der Waals surface area (Å²) in [5, 5.41) is 2.82. The molecule has 1 N–H and O–H groups in total. The largest absolute Gasteiger partial charge is 0.462 e. The number of likely N-dealkylation sites (tertiary alicyclic amines) is 1. The van der Waals surface area contributed by atoms with E-state index in [0.29, 0.717) is 24.1 Å². The van der Waals surface area contributed by atoms with E-state index >= 15 is 0 Å². The number of benzene rings is 1. The van der Waals surface area contributed by atoms with Gasteiger partial charge in [0.2, 0.25) is 11.8 Å². The van der Waals surface area contributed by atoms with Crippen molar-refractivity contribution in [1.29, 1.82) is 0 Å². The molecule has 1 aromatic carbocycles. The summed E-state index contributed by atoms with van der Waals surface area (Å²) in [6.07, 6.45) is 5.17. The van der Waals surface area contributed by atoms with Crippen LogP contribution in [0.5, 0.6) is 0 Å². The number of hydrogen-bond acceptors (Lipinski definition) is 4. The molecule has 1 aliphatic heterocycles. The van der Waals surface area contributed by atoms with E-state index in [4.69, 9.17) is 4.74 Å². The fourth-order valence-corrected chi connectivity index (χ4v) is 3.85. The van der Waals surface area contributed by atoms with Crippen molar-refractivity contribution in [1.82, 2.24) is 4.90 Å². The summed E-state index contributed by atoms with van der Waals surface area (Å²) in [7, 11) is 0. The summed E-state index contributed by atoms with van der Waals surface area (Å²) in [4.78, 5) is 40.2. The van der Waals surface area contributed by atoms with Gasteiger partial charge in [-0.05, 0) is 57.6 Å². The first kappa shape index (κ1) is 19.4. The maximum absolute atomic E-state index is 13.2. The van der Waals surface area contributed by atoms with E-state index in [0.717, 1.165) is 32.2 Å². The van der Waals surface area contributed by atoms with E-state index in [1.165, 1.54) is 0 Å². The number of carbonyl (C=O) groups excluding carboxylic acids is 3. The van der Waals surface area contributed by atoms with Crippen molar-refractivity contribution in [3.05, 3.63) is 29.8 Å². The first-order valence-electron chi connectivity index (χ1n) is 9.92. The van der Waals surface area contributed by atoms with Gasteiger partial charge in [-0.3, -0.25) is 9.59 Å². The number of anilines is 1. The Balaban J connectivity index is 1.76. The van der Waals surface area contributed by atoms with Crippen LogP contribution in [0.25, 0.3) is 0 Å². The van der Waals surface area contributed by atoms with Crippen LogP contribution in [-0.2, 0) is 14.3 Å². The highest BCUT2D eigenvalue weighted by Crippen LogP contribution is 2.49. The molecule has 0 radical (unpaired) electrons. The Hall–Kier alpha value is -2.37. The molecular formula is C21H28N2O4. The van der Waals surface area contributed by atoms with E-state index in [1.807, 2.05) is 4.90 Å². The topological polar surface area (TPSA) is 75.7 Å². The van der Waals surface area contributed by atoms with Gasteiger partial charge in [0, 0.05) is 12.6 Å². The lowest BCUT2D eigenvalue weighted by molar-refractivity contribution is -0.145. The zero-order valence-electron chi connectivity index (χ0n) is 16.1. The molecular weight excluding hydrogens is 344 g/mol. The van der Waals surface area contributed by atoms with E-state index in [2.05, 4.69) is 12.2 Å². The lowest BCUT2D eigenvalue weighted by Crippen LogP contribution is -2.49. The summed E-state index contributed by atoms with van der Waals surface area (Å²) >= 11 is 0. The van der Waals surface area contributed by atoms with Crippen molar-refractivity contribution < 1.29 is 19.1 Å². The highest BCUT2D eigenvalue weighted by Gasteiger charge is 2.58. The van der Waals surface area contributed by atoms with Crippen LogP contribution in [0.4, 0.5) is 5.69 Å². The molecule has 3 rings (SSSR count). The van der Waals surface area contributed by atoms with Crippen LogP contribution in [0.1, 0.15) is 62.7 Å². The van der Waals surface area contributed by atoms with Crippen molar-refractivity contribution in [2.24, 2.45) is 5.41 Å². The van der Waals surface area contributed by atoms with Gasteiger partial charge in [0.1, 0.15) is 5.41 Å². The van der Waals surface area contributed by atoms with Gasteiger partial charge in [0.25, 0.3) is 0 Å². The Labute approximate surface area is 160 Å². The third-order valence-electron chi connectivity index (χ3n) is 5.62. The Morgan fingerprint density at radius 2 is 1.93 bits per heavy atom. The molecule has 2 amide bonds. The summed E-state index contributed by atoms with van der Waals surface area (Å²) in [6, 6.07) is 6.98. The molecule has 0 bridgehead atoms. The number of nitrogens with one attached hydrogen (secondary N) is 1. The van der Waals surface area contributed by atoms with Gasteiger partial charge in [0.15, 0.2) is 0 Å². The number of carbonyl (C=O) groups is 3. The van der Waals surface area contributed by atoms with E-state index < -0.39 is 11.4 Å². The minimum atomic E-state index is -0.980. The van der Waals surface area contributed by atoms with Gasteiger partial charge in [-0.15, -0.1) is 0 Å². The molecule has 146 valence electrons. The second kappa shape index (κ2) is 8.11. The van der Waals surface area contributed by atoms with Gasteiger partial charge < -0.3 is 15.0 Å². The third-order valence-corrected chi connectivity index (χ3v) is 5.62. The summed E-state index contributed by atoms with van der Waals surface area (Å²) < 4.78 is 5.06. The van der Waals surface area contributed by atoms with Gasteiger partial charge in [-0.25, -0.2) is 4.79 Å². The highest BCUT2D eigenvalue weighted by molar-refractivity contribution is 6.14. The number of rotatable bonds is 6. The fraction of sp³-hybridized carbons (Fsp3) is 0.571.